The molecule has 0 fully saturated rings. The predicted molar refractivity (Wildman–Crippen MR) is 25.1 cm³/mol. The fourth-order valence-electron chi connectivity index (χ4n) is 0. The monoisotopic (exact) mass is 190 g/mol. The molecule has 0 saturated heterocycles. The van der Waals surface area contributed by atoms with Crippen LogP contribution in [0.15, 0.2) is 0 Å². The second kappa shape index (κ2) is 45.8. The summed E-state index contributed by atoms with van der Waals surface area (Å²) >= 11 is 0. The van der Waals surface area contributed by atoms with E-state index in [0.717, 1.165) is 6.92 Å². The normalized spacial score (nSPS) is 2.78. The zero-order valence-electron chi connectivity index (χ0n) is 4.65. The molecule has 0 spiro atoms. The molecule has 0 atom stereocenters. The molecule has 0 rings (SSSR count). The van der Waals surface area contributed by atoms with Crippen molar-refractivity contribution in [3.05, 3.63) is 0 Å². The Balaban J connectivity index is -0.00000000450. The summed E-state index contributed by atoms with van der Waals surface area (Å²) in [5.41, 5.74) is 0. The standard InChI is InChI=1S/C2H4O2.Co.4H2O/c1-2(3)4;;;;;/h1H3,(H,3,4);;4*1H2/q;+1;;;;/p-1. The van der Waals surface area contributed by atoms with Gasteiger partial charge in [-0.1, -0.05) is 0 Å². The summed E-state index contributed by atoms with van der Waals surface area (Å²) in [7, 11) is 0. The summed E-state index contributed by atoms with van der Waals surface area (Å²) in [6, 6.07) is 0. The van der Waals surface area contributed by atoms with Crippen LogP contribution in [-0.4, -0.2) is 27.9 Å². The second-order valence-corrected chi connectivity index (χ2v) is 0.492. The van der Waals surface area contributed by atoms with Gasteiger partial charge in [-0.2, -0.15) is 0 Å². The van der Waals surface area contributed by atoms with Gasteiger partial charge in [0.2, 0.25) is 0 Å². The minimum Gasteiger partial charge on any atom is -0.550 e. The van der Waals surface area contributed by atoms with Crippen molar-refractivity contribution in [1.29, 1.82) is 0 Å². The van der Waals surface area contributed by atoms with E-state index in [-0.39, 0.29) is 38.7 Å². The maximum absolute atomic E-state index is 8.89. The van der Waals surface area contributed by atoms with Crippen molar-refractivity contribution in [2.45, 2.75) is 6.92 Å². The first kappa shape index (κ1) is 67.9. The molecular formula is C2H11CoO6. The van der Waals surface area contributed by atoms with Crippen LogP contribution in [0, 0.1) is 0 Å². The number of hydrogen-bond donors (Lipinski definition) is 0. The van der Waals surface area contributed by atoms with Crippen molar-refractivity contribution in [1.82, 2.24) is 0 Å². The Hall–Kier alpha value is -0.184. The van der Waals surface area contributed by atoms with Gasteiger partial charge in [-0.15, -0.1) is 0 Å². The number of aliphatic carboxylic acids is 1. The van der Waals surface area contributed by atoms with Crippen LogP contribution < -0.4 is 5.11 Å². The molecule has 8 N–H and O–H groups in total. The van der Waals surface area contributed by atoms with Gasteiger partial charge < -0.3 is 31.8 Å². The van der Waals surface area contributed by atoms with Crippen LogP contribution >= 0.6 is 0 Å². The Kier molecular flexibility index (Phi) is 345. The third kappa shape index (κ3) is 7850. The first-order chi connectivity index (χ1) is 1.73. The molecule has 0 aliphatic carbocycles. The van der Waals surface area contributed by atoms with E-state index in [4.69, 9.17) is 9.90 Å². The minimum absolute atomic E-state index is 0. The molecule has 0 amide bonds. The molecule has 0 saturated carbocycles. The smallest absolute Gasteiger partial charge is 0.550 e. The van der Waals surface area contributed by atoms with Crippen molar-refractivity contribution < 1.29 is 48.6 Å². The number of carbonyl (C=O) groups excluding carboxylic acids is 1. The van der Waals surface area contributed by atoms with Gasteiger partial charge in [-0.05, 0) is 6.92 Å². The van der Waals surface area contributed by atoms with E-state index in [9.17, 15) is 0 Å². The van der Waals surface area contributed by atoms with Crippen LogP contribution in [0.1, 0.15) is 6.92 Å². The summed E-state index contributed by atoms with van der Waals surface area (Å²) < 4.78 is 0. The largest absolute Gasteiger partial charge is 1.00 e. The molecule has 0 bridgehead atoms. The molecule has 0 heterocycles. The summed E-state index contributed by atoms with van der Waals surface area (Å²) in [6.07, 6.45) is 0. The van der Waals surface area contributed by atoms with E-state index in [1.54, 1.807) is 0 Å². The van der Waals surface area contributed by atoms with E-state index >= 15 is 0 Å². The maximum Gasteiger partial charge on any atom is 1.00 e. The van der Waals surface area contributed by atoms with E-state index in [1.807, 2.05) is 0 Å². The third-order valence-electron chi connectivity index (χ3n) is 0. The molecule has 9 heavy (non-hydrogen) atoms. The molecular weight excluding hydrogens is 179 g/mol. The van der Waals surface area contributed by atoms with E-state index in [0.29, 0.717) is 0 Å². The predicted octanol–water partition coefficient (Wildman–Crippen LogP) is -4.55. The molecule has 64 valence electrons. The number of carbonyl (C=O) groups is 1. The number of rotatable bonds is 0. The summed E-state index contributed by atoms with van der Waals surface area (Å²) in [5, 5.41) is 8.89. The average Bonchev–Trinajstić information content (AvgIpc) is 0.811. The van der Waals surface area contributed by atoms with Crippen molar-refractivity contribution in [3.63, 3.8) is 0 Å². The van der Waals surface area contributed by atoms with Crippen LogP contribution in [0.5, 0.6) is 0 Å². The number of carboxylic acids is 1. The van der Waals surface area contributed by atoms with Crippen molar-refractivity contribution in [3.8, 4) is 0 Å². The molecule has 0 aliphatic heterocycles. The van der Waals surface area contributed by atoms with Gasteiger partial charge in [0.05, 0.1) is 0 Å². The van der Waals surface area contributed by atoms with Gasteiger partial charge in [-0.25, -0.2) is 0 Å². The summed E-state index contributed by atoms with van der Waals surface area (Å²) in [4.78, 5) is 8.89. The van der Waals surface area contributed by atoms with Crippen molar-refractivity contribution in [2.75, 3.05) is 0 Å². The Morgan fingerprint density at radius 2 is 1.11 bits per heavy atom. The van der Waals surface area contributed by atoms with Crippen LogP contribution in [0.3, 0.4) is 0 Å². The van der Waals surface area contributed by atoms with Gasteiger partial charge in [0.1, 0.15) is 0 Å². The molecule has 6 nitrogen and oxygen atoms in total. The topological polar surface area (TPSA) is 166 Å². The number of hydrogen-bond acceptors (Lipinski definition) is 2. The van der Waals surface area contributed by atoms with Crippen molar-refractivity contribution >= 4 is 5.97 Å². The Labute approximate surface area is 62.3 Å². The van der Waals surface area contributed by atoms with Crippen LogP contribution in [-0.2, 0) is 21.6 Å². The third-order valence-corrected chi connectivity index (χ3v) is 0. The Morgan fingerprint density at radius 3 is 1.11 bits per heavy atom. The maximum atomic E-state index is 8.89. The molecule has 0 radical (unpaired) electrons. The zero-order valence-corrected chi connectivity index (χ0v) is 5.69. The molecule has 0 aromatic heterocycles. The van der Waals surface area contributed by atoms with E-state index < -0.39 is 5.97 Å². The fourth-order valence-corrected chi connectivity index (χ4v) is 0. The van der Waals surface area contributed by atoms with E-state index in [1.165, 1.54) is 0 Å². The Morgan fingerprint density at radius 1 is 1.11 bits per heavy atom. The van der Waals surface area contributed by atoms with Gasteiger partial charge in [0.15, 0.2) is 0 Å². The van der Waals surface area contributed by atoms with Gasteiger partial charge in [-0.3, -0.25) is 0 Å². The number of carboxylic acid groups (broad SMARTS) is 1. The molecule has 0 aromatic carbocycles. The van der Waals surface area contributed by atoms with Gasteiger partial charge in [0.25, 0.3) is 0 Å². The molecule has 7 heteroatoms. The van der Waals surface area contributed by atoms with Crippen LogP contribution in [0.2, 0.25) is 0 Å². The summed E-state index contributed by atoms with van der Waals surface area (Å²) in [6.45, 7) is 0.972. The summed E-state index contributed by atoms with van der Waals surface area (Å²) in [5.74, 6) is -1.08. The Bertz CT molecular complexity index is 34.0. The fraction of sp³-hybridized carbons (Fsp3) is 0.500. The van der Waals surface area contributed by atoms with Crippen LogP contribution in [0.4, 0.5) is 0 Å². The quantitative estimate of drug-likeness (QED) is 0.375. The first-order valence-corrected chi connectivity index (χ1v) is 0.908. The van der Waals surface area contributed by atoms with Crippen LogP contribution in [0.25, 0.3) is 0 Å². The van der Waals surface area contributed by atoms with Crippen molar-refractivity contribution in [2.24, 2.45) is 0 Å². The zero-order chi connectivity index (χ0) is 3.58. The minimum atomic E-state index is -1.08. The van der Waals surface area contributed by atoms with Gasteiger partial charge in [0, 0.05) is 5.97 Å². The second-order valence-electron chi connectivity index (χ2n) is 0.492. The molecule has 0 aromatic rings. The molecule has 0 aliphatic rings. The molecule has 0 unspecified atom stereocenters. The first-order valence-electron chi connectivity index (χ1n) is 0.908. The SMILES string of the molecule is CC(=O)[O-].O.O.O.O.[Co+]. The average molecular weight is 190 g/mol. The van der Waals surface area contributed by atoms with E-state index in [2.05, 4.69) is 0 Å². The van der Waals surface area contributed by atoms with Gasteiger partial charge >= 0.3 is 16.8 Å².